The van der Waals surface area contributed by atoms with Gasteiger partial charge in [0.15, 0.2) is 5.82 Å². The molecule has 7 rings (SSSR count). The van der Waals surface area contributed by atoms with Gasteiger partial charge in [0.2, 0.25) is 5.16 Å². The minimum absolute atomic E-state index is 0.224. The Hall–Kier alpha value is -5.54. The fourth-order valence-electron chi connectivity index (χ4n) is 6.46. The predicted octanol–water partition coefficient (Wildman–Crippen LogP) is 9.09. The number of rotatable bonds is 15. The van der Waals surface area contributed by atoms with Crippen molar-refractivity contribution in [1.82, 2.24) is 14.8 Å². The third kappa shape index (κ3) is 8.49. The van der Waals surface area contributed by atoms with E-state index in [9.17, 15) is 4.79 Å². The Morgan fingerprint density at radius 1 is 0.788 bits per heavy atom. The summed E-state index contributed by atoms with van der Waals surface area (Å²) in [5.74, 6) is 2.23. The maximum absolute atomic E-state index is 11.9. The van der Waals surface area contributed by atoms with Crippen molar-refractivity contribution in [2.45, 2.75) is 69.3 Å². The van der Waals surface area contributed by atoms with Crippen LogP contribution in [0.25, 0.3) is 5.69 Å². The molecule has 6 aromatic rings. The smallest absolute Gasteiger partial charge is 0.310 e. The van der Waals surface area contributed by atoms with Crippen LogP contribution >= 0.6 is 11.8 Å². The fraction of sp³-hybridized carbons (Fsp3) is 0.233. The number of carbonyl (C=O) groups excluding carboxylic acids is 1. The zero-order valence-corrected chi connectivity index (χ0v) is 30.3. The number of nitrogens with one attached hydrogen (secondary N) is 1. The average molecular weight is 711 g/mol. The average Bonchev–Trinajstić information content (AvgIpc) is 3.83. The summed E-state index contributed by atoms with van der Waals surface area (Å²) in [6, 6.07) is 38.7. The van der Waals surface area contributed by atoms with Gasteiger partial charge in [0.1, 0.15) is 24.7 Å². The molecule has 1 heterocycles. The molecule has 0 atom stereocenters. The monoisotopic (exact) mass is 710 g/mol. The number of nitrogens with zero attached hydrogens (tertiary/aromatic N) is 3. The summed E-state index contributed by atoms with van der Waals surface area (Å²) in [5, 5.41) is 13.5. The highest BCUT2D eigenvalue weighted by Gasteiger charge is 2.21. The summed E-state index contributed by atoms with van der Waals surface area (Å²) in [4.78, 5) is 12.9. The van der Waals surface area contributed by atoms with E-state index in [0.717, 1.165) is 74.7 Å². The highest BCUT2D eigenvalue weighted by Crippen LogP contribution is 2.36. The second kappa shape index (κ2) is 16.7. The molecule has 0 bridgehead atoms. The summed E-state index contributed by atoms with van der Waals surface area (Å²) in [7, 11) is 0. The van der Waals surface area contributed by atoms with Crippen LogP contribution < -0.4 is 14.8 Å². The van der Waals surface area contributed by atoms with E-state index in [1.807, 2.05) is 67.6 Å². The van der Waals surface area contributed by atoms with Crippen LogP contribution in [0, 0.1) is 6.92 Å². The van der Waals surface area contributed by atoms with Crippen molar-refractivity contribution in [2.24, 2.45) is 0 Å². The quantitative estimate of drug-likeness (QED) is 0.106. The number of hydrogen-bond acceptors (Lipinski definition) is 8. The van der Waals surface area contributed by atoms with E-state index in [4.69, 9.17) is 14.2 Å². The van der Waals surface area contributed by atoms with Gasteiger partial charge in [0, 0.05) is 28.4 Å². The van der Waals surface area contributed by atoms with Crippen molar-refractivity contribution in [3.05, 3.63) is 154 Å². The van der Waals surface area contributed by atoms with Gasteiger partial charge in [0.25, 0.3) is 0 Å². The number of para-hydroxylation sites is 1. The van der Waals surface area contributed by atoms with Crippen LogP contribution in [0.15, 0.2) is 125 Å². The van der Waals surface area contributed by atoms with Gasteiger partial charge in [-0.2, -0.15) is 0 Å². The summed E-state index contributed by atoms with van der Waals surface area (Å²) in [6.07, 6.45) is 3.57. The molecule has 0 amide bonds. The standard InChI is InChI=1S/C43H42N4O4S/c1-3-49-42(48)25-31-18-21-34(22-19-31)44-27-33-20-23-36(26-40(33)50-28-32-11-6-4-7-12-32)52-43-46-45-41(47(43)35-13-8-5-9-14-35)29-51-39-24-17-30(2)37-15-10-16-38(37)39/h4-9,11-14,17-24,26,44H,3,10,15-16,25,27-29H2,1-2H3. The first kappa shape index (κ1) is 34.9. The first-order valence-corrected chi connectivity index (χ1v) is 18.6. The zero-order valence-electron chi connectivity index (χ0n) is 29.5. The Morgan fingerprint density at radius 2 is 1.54 bits per heavy atom. The molecule has 0 saturated carbocycles. The predicted molar refractivity (Wildman–Crippen MR) is 204 cm³/mol. The number of aryl methyl sites for hydroxylation is 1. The molecule has 52 heavy (non-hydrogen) atoms. The van der Waals surface area contributed by atoms with Crippen LogP contribution in [0.4, 0.5) is 5.69 Å². The molecule has 0 saturated heterocycles. The minimum atomic E-state index is -0.224. The lowest BCUT2D eigenvalue weighted by Gasteiger charge is -2.16. The topological polar surface area (TPSA) is 87.5 Å². The van der Waals surface area contributed by atoms with Crippen molar-refractivity contribution in [2.75, 3.05) is 11.9 Å². The molecule has 1 aliphatic rings. The molecule has 0 spiro atoms. The van der Waals surface area contributed by atoms with E-state index < -0.39 is 0 Å². The third-order valence-electron chi connectivity index (χ3n) is 9.12. The van der Waals surface area contributed by atoms with Gasteiger partial charge in [-0.15, -0.1) is 10.2 Å². The highest BCUT2D eigenvalue weighted by molar-refractivity contribution is 7.99. The molecular weight excluding hydrogens is 669 g/mol. The molecule has 5 aromatic carbocycles. The van der Waals surface area contributed by atoms with E-state index in [-0.39, 0.29) is 12.4 Å². The number of esters is 1. The number of carbonyl (C=O) groups is 1. The Labute approximate surface area is 309 Å². The van der Waals surface area contributed by atoms with Gasteiger partial charge < -0.3 is 19.5 Å². The van der Waals surface area contributed by atoms with Crippen molar-refractivity contribution >= 4 is 23.4 Å². The molecule has 1 aromatic heterocycles. The van der Waals surface area contributed by atoms with Gasteiger partial charge in [-0.1, -0.05) is 72.8 Å². The number of ether oxygens (including phenoxy) is 3. The van der Waals surface area contributed by atoms with Crippen molar-refractivity contribution in [3.8, 4) is 17.2 Å². The maximum Gasteiger partial charge on any atom is 0.310 e. The van der Waals surface area contributed by atoms with Gasteiger partial charge in [0.05, 0.1) is 13.0 Å². The van der Waals surface area contributed by atoms with Gasteiger partial charge in [-0.05, 0) is 115 Å². The third-order valence-corrected chi connectivity index (χ3v) is 10.1. The molecule has 0 unspecified atom stereocenters. The molecule has 0 aliphatic heterocycles. The van der Waals surface area contributed by atoms with E-state index in [1.54, 1.807) is 0 Å². The molecular formula is C43H42N4O4S. The number of hydrogen-bond donors (Lipinski definition) is 1. The number of anilines is 1. The van der Waals surface area contributed by atoms with Crippen molar-refractivity contribution in [3.63, 3.8) is 0 Å². The molecule has 264 valence electrons. The lowest BCUT2D eigenvalue weighted by Crippen LogP contribution is -2.08. The lowest BCUT2D eigenvalue weighted by molar-refractivity contribution is -0.142. The van der Waals surface area contributed by atoms with E-state index >= 15 is 0 Å². The summed E-state index contributed by atoms with van der Waals surface area (Å²) < 4.78 is 20.1. The SMILES string of the molecule is CCOC(=O)Cc1ccc(NCc2ccc(Sc3nnc(COc4ccc(C)c5c4CCC5)n3-c3ccccc3)cc2OCc2ccccc2)cc1. The second-order valence-electron chi connectivity index (χ2n) is 12.7. The second-order valence-corrected chi connectivity index (χ2v) is 13.8. The fourth-order valence-corrected chi connectivity index (χ4v) is 7.36. The Morgan fingerprint density at radius 3 is 2.33 bits per heavy atom. The molecule has 0 fully saturated rings. The van der Waals surface area contributed by atoms with Crippen LogP contribution in [-0.2, 0) is 48.6 Å². The van der Waals surface area contributed by atoms with E-state index in [2.05, 4.69) is 81.6 Å². The first-order valence-electron chi connectivity index (χ1n) is 17.7. The lowest BCUT2D eigenvalue weighted by atomic mass is 10.0. The zero-order chi connectivity index (χ0) is 35.7. The van der Waals surface area contributed by atoms with E-state index in [0.29, 0.717) is 26.4 Å². The van der Waals surface area contributed by atoms with Crippen molar-refractivity contribution in [1.29, 1.82) is 0 Å². The van der Waals surface area contributed by atoms with Gasteiger partial charge in [-0.3, -0.25) is 9.36 Å². The Bertz CT molecular complexity index is 2120. The van der Waals surface area contributed by atoms with Crippen LogP contribution in [0.3, 0.4) is 0 Å². The molecule has 1 aliphatic carbocycles. The van der Waals surface area contributed by atoms with Crippen LogP contribution in [0.1, 0.15) is 52.5 Å². The number of benzene rings is 5. The highest BCUT2D eigenvalue weighted by atomic mass is 32.2. The normalized spacial score (nSPS) is 12.0. The largest absolute Gasteiger partial charge is 0.489 e. The summed E-state index contributed by atoms with van der Waals surface area (Å²) >= 11 is 1.54. The molecule has 8 nitrogen and oxygen atoms in total. The molecule has 9 heteroatoms. The summed E-state index contributed by atoms with van der Waals surface area (Å²) in [6.45, 7) is 5.67. The van der Waals surface area contributed by atoms with E-state index in [1.165, 1.54) is 28.5 Å². The minimum Gasteiger partial charge on any atom is -0.489 e. The summed E-state index contributed by atoms with van der Waals surface area (Å²) in [5.41, 5.74) is 9.01. The number of aromatic nitrogens is 3. The van der Waals surface area contributed by atoms with Crippen LogP contribution in [0.5, 0.6) is 11.5 Å². The Balaban J connectivity index is 1.12. The first-order chi connectivity index (χ1) is 25.5. The maximum atomic E-state index is 11.9. The van der Waals surface area contributed by atoms with Crippen LogP contribution in [-0.4, -0.2) is 27.3 Å². The van der Waals surface area contributed by atoms with Crippen molar-refractivity contribution < 1.29 is 19.0 Å². The Kier molecular flexibility index (Phi) is 11.2. The molecule has 0 radical (unpaired) electrons. The molecule has 1 N–H and O–H groups in total. The van der Waals surface area contributed by atoms with Crippen LogP contribution in [0.2, 0.25) is 0 Å². The van der Waals surface area contributed by atoms with Gasteiger partial charge >= 0.3 is 5.97 Å². The van der Waals surface area contributed by atoms with Gasteiger partial charge in [-0.25, -0.2) is 0 Å². The number of fused-ring (bicyclic) bond motifs is 1.